The Hall–Kier alpha value is -0.200. The average Bonchev–Trinajstić information content (AvgIpc) is 2.18. The van der Waals surface area contributed by atoms with Crippen molar-refractivity contribution in [3.8, 4) is 0 Å². The second-order valence-corrected chi connectivity index (χ2v) is 4.70. The molecule has 14 heavy (non-hydrogen) atoms. The van der Waals surface area contributed by atoms with E-state index < -0.39 is 0 Å². The Labute approximate surface area is 95.2 Å². The monoisotopic (exact) mass is 227 g/mol. The largest absolute Gasteiger partial charge is 0.0843 e. The Morgan fingerprint density at radius 3 is 2.29 bits per heavy atom. The van der Waals surface area contributed by atoms with E-state index in [1.807, 2.05) is 12.1 Å². The van der Waals surface area contributed by atoms with Gasteiger partial charge in [0, 0.05) is 10.0 Å². The van der Waals surface area contributed by atoms with Crippen LogP contribution in [0, 0.1) is 6.42 Å². The van der Waals surface area contributed by atoms with Crippen LogP contribution < -0.4 is 0 Å². The van der Waals surface area contributed by atoms with Crippen LogP contribution in [-0.4, -0.2) is 0 Å². The molecular weight excluding hydrogens is 215 g/mol. The molecule has 0 amide bonds. The van der Waals surface area contributed by atoms with Crippen LogP contribution >= 0.6 is 23.2 Å². The van der Waals surface area contributed by atoms with E-state index >= 15 is 0 Å². The maximum absolute atomic E-state index is 5.97. The van der Waals surface area contributed by atoms with Crippen LogP contribution in [0.25, 0.3) is 0 Å². The van der Waals surface area contributed by atoms with Crippen LogP contribution in [0.15, 0.2) is 18.2 Å². The van der Waals surface area contributed by atoms with E-state index in [9.17, 15) is 0 Å². The lowest BCUT2D eigenvalue weighted by Gasteiger charge is -2.21. The highest BCUT2D eigenvalue weighted by atomic mass is 35.5. The molecule has 0 spiro atoms. The Balaban J connectivity index is 2.21. The second kappa shape index (κ2) is 4.55. The normalized spacial score (nSPS) is 18.4. The molecule has 1 aromatic carbocycles. The van der Waals surface area contributed by atoms with Crippen molar-refractivity contribution < 1.29 is 0 Å². The summed E-state index contributed by atoms with van der Waals surface area (Å²) >= 11 is 11.9. The highest BCUT2D eigenvalue weighted by Crippen LogP contribution is 2.34. The fourth-order valence-corrected chi connectivity index (χ4v) is 2.58. The van der Waals surface area contributed by atoms with Gasteiger partial charge in [0.25, 0.3) is 0 Å². The zero-order valence-electron chi connectivity index (χ0n) is 7.97. The van der Waals surface area contributed by atoms with Crippen LogP contribution in [0.4, 0.5) is 0 Å². The molecule has 1 fully saturated rings. The maximum atomic E-state index is 5.97. The summed E-state index contributed by atoms with van der Waals surface area (Å²) in [7, 11) is 0. The molecule has 2 rings (SSSR count). The third-order valence-electron chi connectivity index (χ3n) is 2.73. The predicted octanol–water partition coefficient (Wildman–Crippen LogP) is 4.86. The van der Waals surface area contributed by atoms with Crippen molar-refractivity contribution in [3.05, 3.63) is 40.2 Å². The van der Waals surface area contributed by atoms with E-state index in [-0.39, 0.29) is 0 Å². The molecule has 1 unspecified atom stereocenters. The molecule has 0 aliphatic heterocycles. The van der Waals surface area contributed by atoms with Gasteiger partial charge in [-0.2, -0.15) is 0 Å². The molecule has 1 radical (unpaired) electrons. The van der Waals surface area contributed by atoms with E-state index in [0.717, 1.165) is 10.0 Å². The highest BCUT2D eigenvalue weighted by molar-refractivity contribution is 6.34. The van der Waals surface area contributed by atoms with Gasteiger partial charge in [0.1, 0.15) is 0 Å². The summed E-state index contributed by atoms with van der Waals surface area (Å²) in [4.78, 5) is 0. The quantitative estimate of drug-likeness (QED) is 0.644. The zero-order valence-corrected chi connectivity index (χ0v) is 9.48. The maximum Gasteiger partial charge on any atom is 0.0423 e. The predicted molar refractivity (Wildman–Crippen MR) is 62.0 cm³/mol. The lowest BCUT2D eigenvalue weighted by Crippen LogP contribution is -2.05. The molecule has 1 aliphatic carbocycles. The summed E-state index contributed by atoms with van der Waals surface area (Å²) in [6, 6.07) is 5.84. The minimum absolute atomic E-state index is 0.556. The lowest BCUT2D eigenvalue weighted by molar-refractivity contribution is 0.534. The summed E-state index contributed by atoms with van der Waals surface area (Å²) < 4.78 is 0. The van der Waals surface area contributed by atoms with Gasteiger partial charge < -0.3 is 0 Å². The van der Waals surface area contributed by atoms with E-state index in [1.165, 1.54) is 31.2 Å². The van der Waals surface area contributed by atoms with E-state index in [1.54, 1.807) is 6.07 Å². The van der Waals surface area contributed by atoms with Crippen LogP contribution in [-0.2, 0) is 0 Å². The van der Waals surface area contributed by atoms with Crippen LogP contribution in [0.3, 0.4) is 0 Å². The second-order valence-electron chi connectivity index (χ2n) is 3.83. The molecule has 0 heterocycles. The average molecular weight is 228 g/mol. The van der Waals surface area contributed by atoms with Gasteiger partial charge in [0.05, 0.1) is 0 Å². The third-order valence-corrected chi connectivity index (χ3v) is 3.17. The minimum atomic E-state index is 0.556. The molecule has 0 N–H and O–H groups in total. The summed E-state index contributed by atoms with van der Waals surface area (Å²) in [5.74, 6) is 0.556. The van der Waals surface area contributed by atoms with Crippen LogP contribution in [0.2, 0.25) is 10.0 Å². The molecule has 75 valence electrons. The van der Waals surface area contributed by atoms with E-state index in [0.29, 0.717) is 5.92 Å². The standard InChI is InChI=1S/C12H13Cl2/c13-11-6-10(7-12(14)8-11)9-4-2-1-3-5-9/h4,6-9H,1-3,5H2. The van der Waals surface area contributed by atoms with Crippen LogP contribution in [0.5, 0.6) is 0 Å². The number of hydrogen-bond donors (Lipinski definition) is 0. The van der Waals surface area contributed by atoms with Gasteiger partial charge in [-0.1, -0.05) is 36.0 Å². The smallest absolute Gasteiger partial charge is 0.0423 e. The van der Waals surface area contributed by atoms with Crippen molar-refractivity contribution >= 4 is 23.2 Å². The summed E-state index contributed by atoms with van der Waals surface area (Å²) in [5.41, 5.74) is 1.27. The van der Waals surface area contributed by atoms with Crippen molar-refractivity contribution in [1.82, 2.24) is 0 Å². The third kappa shape index (κ3) is 2.43. The lowest BCUT2D eigenvalue weighted by atomic mass is 9.84. The number of rotatable bonds is 1. The fourth-order valence-electron chi connectivity index (χ4n) is 2.04. The van der Waals surface area contributed by atoms with Gasteiger partial charge in [-0.25, -0.2) is 0 Å². The number of halogens is 2. The molecule has 2 heteroatoms. The Morgan fingerprint density at radius 1 is 1.00 bits per heavy atom. The van der Waals surface area contributed by atoms with Gasteiger partial charge in [-0.15, -0.1) is 0 Å². The minimum Gasteiger partial charge on any atom is -0.0843 e. The highest BCUT2D eigenvalue weighted by Gasteiger charge is 2.16. The van der Waals surface area contributed by atoms with Crippen molar-refractivity contribution in [2.45, 2.75) is 31.6 Å². The first kappa shape index (κ1) is 10.3. The molecule has 0 bridgehead atoms. The van der Waals surface area contributed by atoms with Gasteiger partial charge in [0.15, 0.2) is 0 Å². The fraction of sp³-hybridized carbons (Fsp3) is 0.417. The zero-order chi connectivity index (χ0) is 9.97. The molecule has 1 aliphatic rings. The Morgan fingerprint density at radius 2 is 1.71 bits per heavy atom. The summed E-state index contributed by atoms with van der Waals surface area (Å²) in [5, 5.41) is 1.48. The Kier molecular flexibility index (Phi) is 3.35. The molecule has 0 aromatic heterocycles. The van der Waals surface area contributed by atoms with Gasteiger partial charge >= 0.3 is 0 Å². The topological polar surface area (TPSA) is 0 Å². The molecular formula is C12H13Cl2. The number of hydrogen-bond acceptors (Lipinski definition) is 0. The van der Waals surface area contributed by atoms with Crippen LogP contribution in [0.1, 0.15) is 37.2 Å². The summed E-state index contributed by atoms with van der Waals surface area (Å²) in [6.07, 6.45) is 7.47. The summed E-state index contributed by atoms with van der Waals surface area (Å²) in [6.45, 7) is 0. The SMILES string of the molecule is Clc1cc(Cl)cc(C2[CH]CCCC2)c1. The first-order chi connectivity index (χ1) is 6.75. The molecule has 0 nitrogen and oxygen atoms in total. The van der Waals surface area contributed by atoms with Gasteiger partial charge in [0.2, 0.25) is 0 Å². The first-order valence-electron chi connectivity index (χ1n) is 5.05. The van der Waals surface area contributed by atoms with Gasteiger partial charge in [-0.05, 0) is 48.9 Å². The van der Waals surface area contributed by atoms with Crippen molar-refractivity contribution in [3.63, 3.8) is 0 Å². The number of benzene rings is 1. The van der Waals surface area contributed by atoms with Crippen molar-refractivity contribution in [1.29, 1.82) is 0 Å². The van der Waals surface area contributed by atoms with Crippen molar-refractivity contribution in [2.75, 3.05) is 0 Å². The first-order valence-corrected chi connectivity index (χ1v) is 5.80. The van der Waals surface area contributed by atoms with E-state index in [2.05, 4.69) is 6.42 Å². The Bertz CT molecular complexity index is 294. The molecule has 1 atom stereocenters. The van der Waals surface area contributed by atoms with Gasteiger partial charge in [-0.3, -0.25) is 0 Å². The molecule has 1 saturated carbocycles. The van der Waals surface area contributed by atoms with Crippen molar-refractivity contribution in [2.24, 2.45) is 0 Å². The molecule has 0 saturated heterocycles. The molecule has 1 aromatic rings. The van der Waals surface area contributed by atoms with E-state index in [4.69, 9.17) is 23.2 Å².